The van der Waals surface area contributed by atoms with Gasteiger partial charge in [-0.15, -0.1) is 0 Å². The number of rotatable bonds is 5. The highest BCUT2D eigenvalue weighted by molar-refractivity contribution is 6.30. The van der Waals surface area contributed by atoms with Gasteiger partial charge in [-0.3, -0.25) is 0 Å². The van der Waals surface area contributed by atoms with E-state index >= 15 is 0 Å². The van der Waals surface area contributed by atoms with E-state index in [9.17, 15) is 23.1 Å². The van der Waals surface area contributed by atoms with Crippen molar-refractivity contribution in [2.24, 2.45) is 5.11 Å². The van der Waals surface area contributed by atoms with E-state index in [0.29, 0.717) is 46.8 Å². The summed E-state index contributed by atoms with van der Waals surface area (Å²) >= 11 is 5.90. The van der Waals surface area contributed by atoms with Gasteiger partial charge in [0.05, 0.1) is 16.6 Å². The number of H-pyrrole nitrogens is 1. The Labute approximate surface area is 179 Å². The summed E-state index contributed by atoms with van der Waals surface area (Å²) in [6.45, 7) is 0.0164. The number of nitrogens with zero attached hydrogens (tertiary/aromatic N) is 2. The van der Waals surface area contributed by atoms with Gasteiger partial charge in [0.15, 0.2) is 12.3 Å². The number of hydrogen-bond donors (Lipinski definition) is 3. The average Bonchev–Trinajstić information content (AvgIpc) is 3.16. The fourth-order valence-electron chi connectivity index (χ4n) is 3.42. The highest BCUT2D eigenvalue weighted by atomic mass is 35.5. The number of carbonyl (C=O) groups excluding carboxylic acids is 1. The lowest BCUT2D eigenvalue weighted by Gasteiger charge is -2.14. The van der Waals surface area contributed by atoms with E-state index in [1.807, 2.05) is 12.1 Å². The minimum Gasteiger partial charge on any atom is -0.504 e. The van der Waals surface area contributed by atoms with Gasteiger partial charge >= 0.3 is 12.1 Å². The highest BCUT2D eigenvalue weighted by Gasteiger charge is 2.41. The zero-order chi connectivity index (χ0) is 22.2. The first kappa shape index (κ1) is 21.0. The number of benzene rings is 2. The van der Waals surface area contributed by atoms with Crippen molar-refractivity contribution in [3.05, 3.63) is 52.7 Å². The number of phenolic OH excluding ortho intramolecular Hbond substituents is 1. The second kappa shape index (κ2) is 8.10. The van der Waals surface area contributed by atoms with E-state index in [-0.39, 0.29) is 5.75 Å². The number of aromatic hydroxyl groups is 1. The molecule has 0 saturated heterocycles. The van der Waals surface area contributed by atoms with Crippen molar-refractivity contribution < 1.29 is 32.5 Å². The first-order valence-electron chi connectivity index (χ1n) is 9.27. The zero-order valence-corrected chi connectivity index (χ0v) is 16.7. The quantitative estimate of drug-likeness (QED) is 0.292. The lowest BCUT2D eigenvalue weighted by Crippen LogP contribution is -2.26. The zero-order valence-electron chi connectivity index (χ0n) is 16.0. The molecule has 3 N–H and O–H groups in total. The van der Waals surface area contributed by atoms with Crippen molar-refractivity contribution in [3.63, 3.8) is 0 Å². The molecule has 11 heteroatoms. The van der Waals surface area contributed by atoms with Crippen LogP contribution < -0.4 is 5.32 Å². The molecule has 31 heavy (non-hydrogen) atoms. The van der Waals surface area contributed by atoms with Crippen molar-refractivity contribution in [1.82, 2.24) is 4.98 Å². The Morgan fingerprint density at radius 1 is 1.32 bits per heavy atom. The molecule has 7 nitrogen and oxygen atoms in total. The average molecular weight is 454 g/mol. The molecule has 0 aliphatic carbocycles. The fraction of sp³-hybridized carbons (Fsp3) is 0.250. The maximum Gasteiger partial charge on any atom is 0.490 e. The summed E-state index contributed by atoms with van der Waals surface area (Å²) < 4.78 is 42.6. The monoisotopic (exact) mass is 453 g/mol. The molecule has 0 atom stereocenters. The van der Waals surface area contributed by atoms with Crippen molar-refractivity contribution in [3.8, 4) is 5.75 Å². The first-order chi connectivity index (χ1) is 14.7. The molecule has 0 radical (unpaired) electrons. The molecule has 1 aromatic heterocycles. The van der Waals surface area contributed by atoms with Crippen LogP contribution in [0.3, 0.4) is 0 Å². The number of alkyl halides is 3. The van der Waals surface area contributed by atoms with Gasteiger partial charge in [-0.25, -0.2) is 4.79 Å². The van der Waals surface area contributed by atoms with Crippen molar-refractivity contribution >= 4 is 39.8 Å². The number of esters is 1. The Balaban J connectivity index is 1.62. The maximum atomic E-state index is 12.3. The van der Waals surface area contributed by atoms with Gasteiger partial charge in [0, 0.05) is 35.4 Å². The summed E-state index contributed by atoms with van der Waals surface area (Å²) in [5.74, 6) is -2.28. The van der Waals surface area contributed by atoms with Gasteiger partial charge in [-0.1, -0.05) is 28.4 Å². The highest BCUT2D eigenvalue weighted by Crippen LogP contribution is 2.42. The summed E-state index contributed by atoms with van der Waals surface area (Å²) in [5, 5.41) is 19.2. The smallest absolute Gasteiger partial charge is 0.490 e. The lowest BCUT2D eigenvalue weighted by atomic mass is 10.0. The summed E-state index contributed by atoms with van der Waals surface area (Å²) in [7, 11) is 0. The van der Waals surface area contributed by atoms with Gasteiger partial charge in [-0.2, -0.15) is 13.2 Å². The fourth-order valence-corrected chi connectivity index (χ4v) is 3.55. The van der Waals surface area contributed by atoms with Crippen LogP contribution >= 0.6 is 11.6 Å². The van der Waals surface area contributed by atoms with Gasteiger partial charge in [0.25, 0.3) is 0 Å². The van der Waals surface area contributed by atoms with Crippen LogP contribution in [-0.4, -0.2) is 40.2 Å². The van der Waals surface area contributed by atoms with E-state index in [0.717, 1.165) is 11.1 Å². The molecule has 0 bridgehead atoms. The second-order valence-electron chi connectivity index (χ2n) is 6.91. The summed E-state index contributed by atoms with van der Waals surface area (Å²) in [6.07, 6.45) is -2.74. The molecule has 2 heterocycles. The van der Waals surface area contributed by atoms with E-state index < -0.39 is 18.9 Å². The Hall–Kier alpha value is -3.27. The Kier molecular flexibility index (Phi) is 5.48. The SMILES string of the molecule is O=C(OCN=[N+]1CCc2c[nH]c3c(O)c(NCc4ccc(Cl)cc4)cc1c23)C(F)(F)F. The van der Waals surface area contributed by atoms with Gasteiger partial charge in [-0.05, 0) is 23.3 Å². The Morgan fingerprint density at radius 2 is 2.06 bits per heavy atom. The molecule has 0 amide bonds. The number of aromatic nitrogens is 1. The minimum atomic E-state index is -5.07. The van der Waals surface area contributed by atoms with E-state index in [1.165, 1.54) is 4.70 Å². The number of anilines is 1. The molecule has 4 rings (SSSR count). The minimum absolute atomic E-state index is 0.0179. The summed E-state index contributed by atoms with van der Waals surface area (Å²) in [6, 6.07) is 8.87. The predicted octanol–water partition coefficient (Wildman–Crippen LogP) is 4.85. The second-order valence-corrected chi connectivity index (χ2v) is 7.35. The van der Waals surface area contributed by atoms with Crippen LogP contribution in [0.1, 0.15) is 11.1 Å². The molecule has 0 saturated carbocycles. The van der Waals surface area contributed by atoms with Crippen molar-refractivity contribution in [2.75, 3.05) is 18.6 Å². The number of aromatic amines is 1. The largest absolute Gasteiger partial charge is 0.504 e. The first-order valence-corrected chi connectivity index (χ1v) is 9.65. The molecular weight excluding hydrogens is 437 g/mol. The standard InChI is InChI=1S/C20H16ClF3N4O3/c21-13-3-1-11(2-4-13)8-25-14-7-15-16-12(9-26-17(16)18(14)29)5-6-28(15)27-10-31-19(30)20(22,23)24/h1-4,7,9,27H,5-6,8,10H2,(H,25,26,29)/p+1. The van der Waals surface area contributed by atoms with Crippen LogP contribution in [0, 0.1) is 0 Å². The third-order valence-corrected chi connectivity index (χ3v) is 5.17. The molecule has 0 fully saturated rings. The van der Waals surface area contributed by atoms with Crippen LogP contribution in [0.2, 0.25) is 5.02 Å². The van der Waals surface area contributed by atoms with Crippen LogP contribution in [0.15, 0.2) is 41.6 Å². The Morgan fingerprint density at radius 3 is 2.77 bits per heavy atom. The molecule has 0 unspecified atom stereocenters. The van der Waals surface area contributed by atoms with Gasteiger partial charge < -0.3 is 20.1 Å². The van der Waals surface area contributed by atoms with E-state index in [4.69, 9.17) is 11.6 Å². The van der Waals surface area contributed by atoms with Crippen LogP contribution in [-0.2, 0) is 22.5 Å². The predicted molar refractivity (Wildman–Crippen MR) is 107 cm³/mol. The molecule has 162 valence electrons. The summed E-state index contributed by atoms with van der Waals surface area (Å²) in [5.41, 5.74) is 3.36. The van der Waals surface area contributed by atoms with Gasteiger partial charge in [0.2, 0.25) is 12.4 Å². The van der Waals surface area contributed by atoms with Crippen molar-refractivity contribution in [2.45, 2.75) is 19.1 Å². The molecule has 1 aliphatic rings. The third-order valence-electron chi connectivity index (χ3n) is 4.91. The number of carbonyl (C=O) groups is 1. The maximum absolute atomic E-state index is 12.3. The Bertz CT molecular complexity index is 1170. The van der Waals surface area contributed by atoms with Crippen LogP contribution in [0.25, 0.3) is 10.9 Å². The van der Waals surface area contributed by atoms with E-state index in [2.05, 4.69) is 20.2 Å². The molecule has 2 aromatic carbocycles. The number of azo groups is 2. The van der Waals surface area contributed by atoms with Crippen LogP contribution in [0.5, 0.6) is 5.75 Å². The summed E-state index contributed by atoms with van der Waals surface area (Å²) in [4.78, 5) is 14.0. The third kappa shape index (κ3) is 4.29. The number of hydrogen-bond acceptors (Lipinski definition) is 5. The number of halogens is 4. The topological polar surface area (TPSA) is 89.7 Å². The number of nitrogens with one attached hydrogen (secondary N) is 2. The normalized spacial score (nSPS) is 14.8. The number of phenols is 1. The molecule has 3 aromatic rings. The molecule has 1 aliphatic heterocycles. The van der Waals surface area contributed by atoms with E-state index in [1.54, 1.807) is 24.4 Å². The van der Waals surface area contributed by atoms with Gasteiger partial charge in [0.1, 0.15) is 0 Å². The number of ether oxygens (including phenoxy) is 1. The molecule has 0 spiro atoms. The lowest BCUT2D eigenvalue weighted by molar-refractivity contribution is -0.517. The van der Waals surface area contributed by atoms with Crippen LogP contribution in [0.4, 0.5) is 24.5 Å². The molecular formula is C20H17ClF3N4O3+. The van der Waals surface area contributed by atoms with Crippen molar-refractivity contribution in [1.29, 1.82) is 0 Å².